The molecule has 1 aromatic carbocycles. The maximum atomic E-state index is 12.0. The molecule has 2 rings (SSSR count). The third-order valence-electron chi connectivity index (χ3n) is 3.43. The number of amides is 1. The Hall–Kier alpha value is -0.820. The average molecular weight is 351 g/mol. The van der Waals surface area contributed by atoms with Gasteiger partial charge >= 0.3 is 0 Å². The van der Waals surface area contributed by atoms with Crippen LogP contribution in [0.4, 0.5) is 5.69 Å². The maximum Gasteiger partial charge on any atom is 0.238 e. The molecule has 0 bridgehead atoms. The van der Waals surface area contributed by atoms with Crippen LogP contribution in [0.1, 0.15) is 6.42 Å². The van der Waals surface area contributed by atoms with Crippen molar-refractivity contribution in [1.82, 2.24) is 4.90 Å². The van der Waals surface area contributed by atoms with E-state index in [1.807, 2.05) is 0 Å². The molecule has 1 aliphatic rings. The Bertz CT molecular complexity index is 649. The van der Waals surface area contributed by atoms with Crippen LogP contribution >= 0.6 is 23.2 Å². The highest BCUT2D eigenvalue weighted by atomic mass is 35.5. The lowest BCUT2D eigenvalue weighted by molar-refractivity contribution is -0.117. The SMILES string of the molecule is CN(CC(=O)Nc1cc(Cl)ccc1Cl)[C@@H]1CCS(=O)(=O)C1. The Labute approximate surface area is 134 Å². The number of anilines is 1. The molecule has 1 saturated heterocycles. The minimum absolute atomic E-state index is 0.100. The zero-order chi connectivity index (χ0) is 15.6. The zero-order valence-electron chi connectivity index (χ0n) is 11.5. The van der Waals surface area contributed by atoms with Crippen molar-refractivity contribution in [2.45, 2.75) is 12.5 Å². The molecule has 0 aliphatic carbocycles. The highest BCUT2D eigenvalue weighted by Gasteiger charge is 2.31. The normalized spacial score (nSPS) is 20.7. The molecule has 5 nitrogen and oxygen atoms in total. The number of halogens is 2. The number of rotatable bonds is 4. The summed E-state index contributed by atoms with van der Waals surface area (Å²) in [5.74, 6) is 0.0318. The van der Waals surface area contributed by atoms with Gasteiger partial charge < -0.3 is 5.32 Å². The number of carbonyl (C=O) groups is 1. The maximum absolute atomic E-state index is 12.0. The molecular weight excluding hydrogens is 335 g/mol. The molecule has 1 fully saturated rings. The lowest BCUT2D eigenvalue weighted by atomic mass is 10.2. The van der Waals surface area contributed by atoms with E-state index in [-0.39, 0.29) is 30.0 Å². The molecule has 1 heterocycles. The molecule has 0 unspecified atom stereocenters. The lowest BCUT2D eigenvalue weighted by Crippen LogP contribution is -2.38. The first-order valence-corrected chi connectivity index (χ1v) is 9.00. The van der Waals surface area contributed by atoms with E-state index in [1.54, 1.807) is 30.1 Å². The topological polar surface area (TPSA) is 66.5 Å². The van der Waals surface area contributed by atoms with Crippen LogP contribution < -0.4 is 5.32 Å². The first kappa shape index (κ1) is 16.5. The molecule has 1 atom stereocenters. The van der Waals surface area contributed by atoms with Gasteiger partial charge in [0.25, 0.3) is 0 Å². The smallest absolute Gasteiger partial charge is 0.238 e. The van der Waals surface area contributed by atoms with Gasteiger partial charge in [-0.25, -0.2) is 8.42 Å². The molecule has 1 N–H and O–H groups in total. The molecule has 1 aliphatic heterocycles. The Morgan fingerprint density at radius 1 is 1.43 bits per heavy atom. The van der Waals surface area contributed by atoms with Gasteiger partial charge in [-0.05, 0) is 31.7 Å². The number of nitrogens with one attached hydrogen (secondary N) is 1. The summed E-state index contributed by atoms with van der Waals surface area (Å²) in [4.78, 5) is 13.7. The summed E-state index contributed by atoms with van der Waals surface area (Å²) in [6, 6.07) is 4.69. The van der Waals surface area contributed by atoms with E-state index >= 15 is 0 Å². The highest BCUT2D eigenvalue weighted by molar-refractivity contribution is 7.91. The summed E-state index contributed by atoms with van der Waals surface area (Å²) >= 11 is 11.8. The number of nitrogens with zero attached hydrogens (tertiary/aromatic N) is 1. The standard InChI is InChI=1S/C13H16Cl2N2O3S/c1-17(10-4-5-21(19,20)8-10)7-13(18)16-12-6-9(14)2-3-11(12)15/h2-3,6,10H,4-5,7-8H2,1H3,(H,16,18)/t10-/m1/s1. The Balaban J connectivity index is 1.94. The lowest BCUT2D eigenvalue weighted by Gasteiger charge is -2.22. The molecule has 8 heteroatoms. The fourth-order valence-electron chi connectivity index (χ4n) is 2.26. The van der Waals surface area contributed by atoms with E-state index in [1.165, 1.54) is 0 Å². The first-order valence-electron chi connectivity index (χ1n) is 6.42. The van der Waals surface area contributed by atoms with Gasteiger partial charge in [-0.15, -0.1) is 0 Å². The van der Waals surface area contributed by atoms with Gasteiger partial charge in [-0.1, -0.05) is 23.2 Å². The summed E-state index contributed by atoms with van der Waals surface area (Å²) in [7, 11) is -1.22. The monoisotopic (exact) mass is 350 g/mol. The van der Waals surface area contributed by atoms with E-state index in [2.05, 4.69) is 5.32 Å². The van der Waals surface area contributed by atoms with Crippen LogP contribution in [0.5, 0.6) is 0 Å². The van der Waals surface area contributed by atoms with E-state index in [0.29, 0.717) is 22.2 Å². The van der Waals surface area contributed by atoms with Crippen molar-refractivity contribution in [3.63, 3.8) is 0 Å². The van der Waals surface area contributed by atoms with Gasteiger partial charge in [0, 0.05) is 11.1 Å². The van der Waals surface area contributed by atoms with Gasteiger partial charge in [-0.2, -0.15) is 0 Å². The minimum atomic E-state index is -2.96. The van der Waals surface area contributed by atoms with Crippen LogP contribution in [-0.2, 0) is 14.6 Å². The quantitative estimate of drug-likeness (QED) is 0.902. The van der Waals surface area contributed by atoms with E-state index in [0.717, 1.165) is 0 Å². The predicted octanol–water partition coefficient (Wildman–Crippen LogP) is 2.05. The Morgan fingerprint density at radius 2 is 2.14 bits per heavy atom. The predicted molar refractivity (Wildman–Crippen MR) is 84.8 cm³/mol. The molecule has 1 amide bonds. The van der Waals surface area contributed by atoms with Crippen LogP contribution in [0.15, 0.2) is 18.2 Å². The third kappa shape index (κ3) is 4.57. The van der Waals surface area contributed by atoms with Crippen LogP contribution in [0.25, 0.3) is 0 Å². The molecular formula is C13H16Cl2N2O3S. The van der Waals surface area contributed by atoms with Crippen LogP contribution in [0.2, 0.25) is 10.0 Å². The average Bonchev–Trinajstić information content (AvgIpc) is 2.74. The summed E-state index contributed by atoms with van der Waals surface area (Å²) in [5, 5.41) is 3.56. The highest BCUT2D eigenvalue weighted by Crippen LogP contribution is 2.25. The van der Waals surface area contributed by atoms with Crippen molar-refractivity contribution in [2.75, 3.05) is 30.4 Å². The molecule has 0 aromatic heterocycles. The number of benzene rings is 1. The number of carbonyl (C=O) groups excluding carboxylic acids is 1. The van der Waals surface area contributed by atoms with Gasteiger partial charge in [0.15, 0.2) is 9.84 Å². The van der Waals surface area contributed by atoms with Crippen LogP contribution in [0, 0.1) is 0 Å². The number of hydrogen-bond donors (Lipinski definition) is 1. The second-order valence-electron chi connectivity index (χ2n) is 5.14. The summed E-state index contributed by atoms with van der Waals surface area (Å²) in [6.45, 7) is 0.100. The first-order chi connectivity index (χ1) is 9.77. The third-order valence-corrected chi connectivity index (χ3v) is 5.74. The fraction of sp³-hybridized carbons (Fsp3) is 0.462. The second-order valence-corrected chi connectivity index (χ2v) is 8.22. The van der Waals surface area contributed by atoms with Crippen LogP contribution in [0.3, 0.4) is 0 Å². The molecule has 116 valence electrons. The van der Waals surface area contributed by atoms with Crippen molar-refractivity contribution >= 4 is 44.6 Å². The van der Waals surface area contributed by atoms with E-state index in [4.69, 9.17) is 23.2 Å². The molecule has 21 heavy (non-hydrogen) atoms. The number of hydrogen-bond acceptors (Lipinski definition) is 4. The van der Waals surface area contributed by atoms with Crippen molar-refractivity contribution < 1.29 is 13.2 Å². The second kappa shape index (κ2) is 6.52. The van der Waals surface area contributed by atoms with E-state index < -0.39 is 9.84 Å². The molecule has 1 aromatic rings. The summed E-state index contributed by atoms with van der Waals surface area (Å²) in [6.07, 6.45) is 0.560. The van der Waals surface area contributed by atoms with Crippen molar-refractivity contribution in [2.24, 2.45) is 0 Å². The zero-order valence-corrected chi connectivity index (χ0v) is 13.8. The molecule has 0 radical (unpaired) electrons. The molecule has 0 spiro atoms. The van der Waals surface area contributed by atoms with Crippen molar-refractivity contribution in [1.29, 1.82) is 0 Å². The van der Waals surface area contributed by atoms with Crippen molar-refractivity contribution in [3.8, 4) is 0 Å². The van der Waals surface area contributed by atoms with Gasteiger partial charge in [-0.3, -0.25) is 9.69 Å². The minimum Gasteiger partial charge on any atom is -0.324 e. The Kier molecular flexibility index (Phi) is 5.14. The van der Waals surface area contributed by atoms with Gasteiger partial charge in [0.1, 0.15) is 0 Å². The van der Waals surface area contributed by atoms with Gasteiger partial charge in [0.05, 0.1) is 28.8 Å². The molecule has 0 saturated carbocycles. The van der Waals surface area contributed by atoms with Crippen molar-refractivity contribution in [3.05, 3.63) is 28.2 Å². The van der Waals surface area contributed by atoms with Crippen LogP contribution in [-0.4, -0.2) is 50.4 Å². The van der Waals surface area contributed by atoms with E-state index in [9.17, 15) is 13.2 Å². The summed E-state index contributed by atoms with van der Waals surface area (Å²) in [5.41, 5.74) is 0.446. The fourth-order valence-corrected chi connectivity index (χ4v) is 4.40. The Morgan fingerprint density at radius 3 is 2.76 bits per heavy atom. The summed E-state index contributed by atoms with van der Waals surface area (Å²) < 4.78 is 22.9. The number of likely N-dealkylation sites (N-methyl/N-ethyl adjacent to an activating group) is 1. The van der Waals surface area contributed by atoms with Gasteiger partial charge in [0.2, 0.25) is 5.91 Å². The number of sulfone groups is 1. The largest absolute Gasteiger partial charge is 0.324 e.